The topological polar surface area (TPSA) is 38.9 Å². The Morgan fingerprint density at radius 3 is 2.75 bits per heavy atom. The van der Waals surface area contributed by atoms with Gasteiger partial charge in [0.1, 0.15) is 0 Å². The molecule has 0 saturated heterocycles. The minimum Gasteiger partial charge on any atom is -0.325 e. The zero-order valence-electron chi connectivity index (χ0n) is 6.50. The lowest BCUT2D eigenvalue weighted by molar-refractivity contribution is 0.0114. The van der Waals surface area contributed by atoms with E-state index in [1.165, 1.54) is 6.20 Å². The first-order chi connectivity index (χ1) is 5.64. The summed E-state index contributed by atoms with van der Waals surface area (Å²) in [6.45, 7) is -0.623. The zero-order valence-corrected chi connectivity index (χ0v) is 6.50. The molecule has 0 saturated carbocycles. The molecule has 12 heavy (non-hydrogen) atoms. The summed E-state index contributed by atoms with van der Waals surface area (Å²) in [5.74, 6) is -2.82. The van der Waals surface area contributed by atoms with Crippen molar-refractivity contribution in [3.05, 3.63) is 30.1 Å². The lowest BCUT2D eigenvalue weighted by atomic mass is 10.1. The van der Waals surface area contributed by atoms with Crippen LogP contribution in [0, 0.1) is 0 Å². The fraction of sp³-hybridized carbons (Fsp3) is 0.375. The minimum atomic E-state index is -2.82. The van der Waals surface area contributed by atoms with Crippen LogP contribution in [0.3, 0.4) is 0 Å². The van der Waals surface area contributed by atoms with Gasteiger partial charge in [0, 0.05) is 18.8 Å². The molecule has 0 aromatic carbocycles. The molecule has 1 aromatic heterocycles. The minimum absolute atomic E-state index is 0.336. The van der Waals surface area contributed by atoms with Crippen molar-refractivity contribution in [2.45, 2.75) is 12.3 Å². The maximum absolute atomic E-state index is 12.7. The van der Waals surface area contributed by atoms with Crippen molar-refractivity contribution in [2.24, 2.45) is 5.73 Å². The van der Waals surface area contributed by atoms with Crippen molar-refractivity contribution in [1.82, 2.24) is 4.98 Å². The summed E-state index contributed by atoms with van der Waals surface area (Å²) >= 11 is 0. The molecule has 2 N–H and O–H groups in total. The van der Waals surface area contributed by atoms with Gasteiger partial charge in [-0.3, -0.25) is 4.98 Å². The molecule has 4 heteroatoms. The summed E-state index contributed by atoms with van der Waals surface area (Å²) in [7, 11) is 0. The van der Waals surface area contributed by atoms with Crippen LogP contribution in [0.15, 0.2) is 24.5 Å². The van der Waals surface area contributed by atoms with E-state index in [1.807, 2.05) is 0 Å². The van der Waals surface area contributed by atoms with E-state index >= 15 is 0 Å². The summed E-state index contributed by atoms with van der Waals surface area (Å²) in [6, 6.07) is 3.23. The molecule has 0 unspecified atom stereocenters. The van der Waals surface area contributed by atoms with Gasteiger partial charge in [0.25, 0.3) is 5.92 Å². The lowest BCUT2D eigenvalue weighted by Gasteiger charge is -2.12. The number of rotatable bonds is 3. The van der Waals surface area contributed by atoms with Crippen LogP contribution in [0.2, 0.25) is 0 Å². The van der Waals surface area contributed by atoms with E-state index in [4.69, 9.17) is 5.73 Å². The van der Waals surface area contributed by atoms with E-state index in [9.17, 15) is 8.78 Å². The number of halogens is 2. The fourth-order valence-electron chi connectivity index (χ4n) is 0.874. The van der Waals surface area contributed by atoms with Crippen LogP contribution in [-0.4, -0.2) is 17.5 Å². The number of hydrogen-bond donors (Lipinski definition) is 1. The van der Waals surface area contributed by atoms with Crippen LogP contribution in [0.4, 0.5) is 8.78 Å². The largest absolute Gasteiger partial charge is 0.325 e. The smallest absolute Gasteiger partial charge is 0.264 e. The van der Waals surface area contributed by atoms with Gasteiger partial charge in [0.05, 0.1) is 6.54 Å². The Bertz CT molecular complexity index is 236. The number of alkyl halides is 2. The summed E-state index contributed by atoms with van der Waals surface area (Å²) < 4.78 is 25.4. The molecule has 0 atom stereocenters. The van der Waals surface area contributed by atoms with E-state index in [1.54, 1.807) is 18.3 Å². The van der Waals surface area contributed by atoms with Gasteiger partial charge in [-0.25, -0.2) is 8.78 Å². The molecule has 0 spiro atoms. The third-order valence-corrected chi connectivity index (χ3v) is 1.48. The fourth-order valence-corrected chi connectivity index (χ4v) is 0.874. The van der Waals surface area contributed by atoms with Crippen molar-refractivity contribution in [2.75, 3.05) is 6.54 Å². The lowest BCUT2D eigenvalue weighted by Crippen LogP contribution is -2.30. The average Bonchev–Trinajstić information content (AvgIpc) is 2.06. The molecule has 0 fully saturated rings. The summed E-state index contributed by atoms with van der Waals surface area (Å²) in [5.41, 5.74) is 5.39. The molecule has 0 radical (unpaired) electrons. The van der Waals surface area contributed by atoms with Crippen LogP contribution in [0.1, 0.15) is 5.56 Å². The van der Waals surface area contributed by atoms with Gasteiger partial charge < -0.3 is 5.73 Å². The molecule has 2 nitrogen and oxygen atoms in total. The zero-order chi connectivity index (χ0) is 9.03. The number of pyridine rings is 1. The van der Waals surface area contributed by atoms with Crippen molar-refractivity contribution >= 4 is 0 Å². The normalized spacial score (nSPS) is 11.6. The number of nitrogens with zero attached hydrogens (tertiary/aromatic N) is 1. The maximum Gasteiger partial charge on any atom is 0.264 e. The first kappa shape index (κ1) is 9.06. The van der Waals surface area contributed by atoms with E-state index in [-0.39, 0.29) is 6.42 Å². The van der Waals surface area contributed by atoms with Crippen molar-refractivity contribution in [3.8, 4) is 0 Å². The molecule has 1 rings (SSSR count). The van der Waals surface area contributed by atoms with E-state index in [2.05, 4.69) is 4.98 Å². The van der Waals surface area contributed by atoms with Gasteiger partial charge in [-0.2, -0.15) is 0 Å². The van der Waals surface area contributed by atoms with Gasteiger partial charge in [-0.15, -0.1) is 0 Å². The predicted octanol–water partition coefficient (Wildman–Crippen LogP) is 1.22. The molecule has 66 valence electrons. The van der Waals surface area contributed by atoms with Crippen LogP contribution < -0.4 is 5.73 Å². The molecular formula is C8H10F2N2. The molecule has 1 heterocycles. The number of nitrogens with two attached hydrogens (primary N) is 1. The first-order valence-electron chi connectivity index (χ1n) is 3.61. The van der Waals surface area contributed by atoms with Crippen molar-refractivity contribution < 1.29 is 8.78 Å². The standard InChI is InChI=1S/C8H10F2N2/c9-8(10,6-11)4-7-2-1-3-12-5-7/h1-3,5H,4,6,11H2. The Balaban J connectivity index is 2.64. The third-order valence-electron chi connectivity index (χ3n) is 1.48. The molecule has 0 bridgehead atoms. The Hall–Kier alpha value is -1.03. The van der Waals surface area contributed by atoms with Crippen LogP contribution in [-0.2, 0) is 6.42 Å². The van der Waals surface area contributed by atoms with Gasteiger partial charge in [0.2, 0.25) is 0 Å². The van der Waals surface area contributed by atoms with E-state index < -0.39 is 12.5 Å². The number of hydrogen-bond acceptors (Lipinski definition) is 2. The molecule has 0 aliphatic heterocycles. The van der Waals surface area contributed by atoms with E-state index in [0.717, 1.165) is 0 Å². The highest BCUT2D eigenvalue weighted by molar-refractivity contribution is 5.10. The van der Waals surface area contributed by atoms with Gasteiger partial charge >= 0.3 is 0 Å². The first-order valence-corrected chi connectivity index (χ1v) is 3.61. The molecular weight excluding hydrogens is 162 g/mol. The van der Waals surface area contributed by atoms with Crippen LogP contribution >= 0.6 is 0 Å². The highest BCUT2D eigenvalue weighted by Gasteiger charge is 2.26. The van der Waals surface area contributed by atoms with Crippen LogP contribution in [0.25, 0.3) is 0 Å². The second-order valence-corrected chi connectivity index (χ2v) is 2.60. The Morgan fingerprint density at radius 1 is 1.50 bits per heavy atom. The third kappa shape index (κ3) is 2.54. The monoisotopic (exact) mass is 172 g/mol. The Labute approximate surface area is 69.4 Å². The van der Waals surface area contributed by atoms with Crippen molar-refractivity contribution in [1.29, 1.82) is 0 Å². The van der Waals surface area contributed by atoms with E-state index in [0.29, 0.717) is 5.56 Å². The summed E-state index contributed by atoms with van der Waals surface area (Å²) in [4.78, 5) is 3.73. The molecule has 0 aliphatic carbocycles. The second kappa shape index (κ2) is 3.58. The highest BCUT2D eigenvalue weighted by Crippen LogP contribution is 2.17. The van der Waals surface area contributed by atoms with Crippen molar-refractivity contribution in [3.63, 3.8) is 0 Å². The SMILES string of the molecule is NCC(F)(F)Cc1cccnc1. The Morgan fingerprint density at radius 2 is 2.25 bits per heavy atom. The molecule has 0 amide bonds. The average molecular weight is 172 g/mol. The van der Waals surface area contributed by atoms with Crippen LogP contribution in [0.5, 0.6) is 0 Å². The highest BCUT2D eigenvalue weighted by atomic mass is 19.3. The Kier molecular flexibility index (Phi) is 2.70. The van der Waals surface area contributed by atoms with Gasteiger partial charge in [-0.1, -0.05) is 6.07 Å². The predicted molar refractivity (Wildman–Crippen MR) is 41.9 cm³/mol. The molecule has 0 aliphatic rings. The number of aromatic nitrogens is 1. The van der Waals surface area contributed by atoms with Gasteiger partial charge in [0.15, 0.2) is 0 Å². The quantitative estimate of drug-likeness (QED) is 0.744. The molecule has 1 aromatic rings. The maximum atomic E-state index is 12.7. The van der Waals surface area contributed by atoms with Gasteiger partial charge in [-0.05, 0) is 11.6 Å². The summed E-state index contributed by atoms with van der Waals surface area (Å²) in [6.07, 6.45) is 2.63. The second-order valence-electron chi connectivity index (χ2n) is 2.60. The summed E-state index contributed by atoms with van der Waals surface area (Å²) in [5, 5.41) is 0.